The predicted octanol–water partition coefficient (Wildman–Crippen LogP) is 2.90. The topological polar surface area (TPSA) is 77.8 Å². The van der Waals surface area contributed by atoms with Gasteiger partial charge in [-0.05, 0) is 30.3 Å². The molecule has 2 N–H and O–H groups in total. The lowest BCUT2D eigenvalue weighted by Crippen LogP contribution is -2.12. The van der Waals surface area contributed by atoms with Gasteiger partial charge in [-0.1, -0.05) is 11.6 Å². The Kier molecular flexibility index (Phi) is 4.18. The van der Waals surface area contributed by atoms with Crippen LogP contribution in [0.25, 0.3) is 0 Å². The fourth-order valence-corrected chi connectivity index (χ4v) is 1.79. The average molecular weight is 287 g/mol. The molecule has 0 radical (unpaired) electrons. The maximum atomic E-state index is 12.0. The first-order chi connectivity index (χ1) is 9.63. The van der Waals surface area contributed by atoms with Gasteiger partial charge in [0.15, 0.2) is 0 Å². The van der Waals surface area contributed by atoms with E-state index in [9.17, 15) is 4.79 Å². The Hall–Kier alpha value is -2.58. The Morgan fingerprint density at radius 2 is 2.15 bits per heavy atom. The second-order valence-corrected chi connectivity index (χ2v) is 4.35. The van der Waals surface area contributed by atoms with E-state index >= 15 is 0 Å². The van der Waals surface area contributed by atoms with Gasteiger partial charge in [-0.2, -0.15) is 5.26 Å². The molecule has 0 bridgehead atoms. The average Bonchev–Trinajstić information content (AvgIpc) is 2.47. The largest absolute Gasteiger partial charge is 0.373 e. The number of aromatic nitrogens is 1. The summed E-state index contributed by atoms with van der Waals surface area (Å²) in [7, 11) is 1.75. The summed E-state index contributed by atoms with van der Waals surface area (Å²) < 4.78 is 0. The molecule has 0 saturated carbocycles. The highest BCUT2D eigenvalue weighted by atomic mass is 35.5. The second-order valence-electron chi connectivity index (χ2n) is 3.94. The first-order valence-corrected chi connectivity index (χ1v) is 6.16. The lowest BCUT2D eigenvalue weighted by molar-refractivity contribution is 0.102. The Labute approximate surface area is 121 Å². The molecule has 0 aliphatic carbocycles. The molecular weight excluding hydrogens is 276 g/mol. The van der Waals surface area contributed by atoms with E-state index in [-0.39, 0.29) is 5.91 Å². The van der Waals surface area contributed by atoms with E-state index < -0.39 is 0 Å². The van der Waals surface area contributed by atoms with Crippen molar-refractivity contribution in [2.45, 2.75) is 0 Å². The molecule has 2 rings (SSSR count). The normalized spacial score (nSPS) is 9.65. The van der Waals surface area contributed by atoms with Crippen LogP contribution in [0.4, 0.5) is 11.5 Å². The Bertz CT molecular complexity index is 677. The SMILES string of the molecule is CNc1ccc(C(=O)Nc2ccc(C#N)c(Cl)c2)cn1. The van der Waals surface area contributed by atoms with Crippen LogP contribution in [0.3, 0.4) is 0 Å². The number of carbonyl (C=O) groups is 1. The summed E-state index contributed by atoms with van der Waals surface area (Å²) >= 11 is 5.90. The molecule has 0 aliphatic heterocycles. The monoisotopic (exact) mass is 286 g/mol. The third kappa shape index (κ3) is 3.05. The fourth-order valence-electron chi connectivity index (χ4n) is 1.56. The van der Waals surface area contributed by atoms with Crippen LogP contribution >= 0.6 is 11.6 Å². The number of anilines is 2. The molecule has 0 aliphatic rings. The first kappa shape index (κ1) is 13.8. The maximum absolute atomic E-state index is 12.0. The second kappa shape index (κ2) is 6.04. The van der Waals surface area contributed by atoms with Crippen LogP contribution in [-0.4, -0.2) is 17.9 Å². The zero-order chi connectivity index (χ0) is 14.5. The first-order valence-electron chi connectivity index (χ1n) is 5.79. The quantitative estimate of drug-likeness (QED) is 0.909. The van der Waals surface area contributed by atoms with Gasteiger partial charge in [0.25, 0.3) is 5.91 Å². The van der Waals surface area contributed by atoms with E-state index in [1.807, 2.05) is 6.07 Å². The van der Waals surface area contributed by atoms with Crippen molar-refractivity contribution in [2.75, 3.05) is 17.7 Å². The minimum Gasteiger partial charge on any atom is -0.373 e. The summed E-state index contributed by atoms with van der Waals surface area (Å²) in [6, 6.07) is 10.0. The highest BCUT2D eigenvalue weighted by molar-refractivity contribution is 6.32. The van der Waals surface area contributed by atoms with Gasteiger partial charge in [0.05, 0.1) is 16.1 Å². The number of hydrogen-bond acceptors (Lipinski definition) is 4. The smallest absolute Gasteiger partial charge is 0.257 e. The van der Waals surface area contributed by atoms with Gasteiger partial charge >= 0.3 is 0 Å². The standard InChI is InChI=1S/C14H11ClN4O/c1-17-13-5-3-10(8-18-13)14(20)19-11-4-2-9(7-16)12(15)6-11/h2-6,8H,1H3,(H,17,18)(H,19,20). The lowest BCUT2D eigenvalue weighted by Gasteiger charge is -2.06. The van der Waals surface area contributed by atoms with E-state index in [0.717, 1.165) is 0 Å². The molecule has 1 amide bonds. The lowest BCUT2D eigenvalue weighted by atomic mass is 10.2. The molecule has 1 aromatic heterocycles. The number of halogens is 1. The number of amides is 1. The van der Waals surface area contributed by atoms with Gasteiger partial charge in [0, 0.05) is 18.9 Å². The summed E-state index contributed by atoms with van der Waals surface area (Å²) in [4.78, 5) is 16.1. The Morgan fingerprint density at radius 3 is 2.70 bits per heavy atom. The Morgan fingerprint density at radius 1 is 1.35 bits per heavy atom. The maximum Gasteiger partial charge on any atom is 0.257 e. The minimum absolute atomic E-state index is 0.291. The molecule has 100 valence electrons. The van der Waals surface area contributed by atoms with Crippen LogP contribution in [0.1, 0.15) is 15.9 Å². The molecule has 0 atom stereocenters. The van der Waals surface area contributed by atoms with E-state index in [2.05, 4.69) is 15.6 Å². The summed E-state index contributed by atoms with van der Waals surface area (Å²) in [5.41, 5.74) is 1.32. The van der Waals surface area contributed by atoms with Gasteiger partial charge in [0.2, 0.25) is 0 Å². The number of pyridine rings is 1. The molecule has 1 aromatic carbocycles. The molecule has 0 spiro atoms. The highest BCUT2D eigenvalue weighted by Crippen LogP contribution is 2.20. The van der Waals surface area contributed by atoms with Crippen LogP contribution in [-0.2, 0) is 0 Å². The molecule has 0 fully saturated rings. The third-order valence-electron chi connectivity index (χ3n) is 2.63. The van der Waals surface area contributed by atoms with Gasteiger partial charge < -0.3 is 10.6 Å². The van der Waals surface area contributed by atoms with Crippen LogP contribution in [0.5, 0.6) is 0 Å². The number of benzene rings is 1. The Balaban J connectivity index is 2.15. The number of hydrogen-bond donors (Lipinski definition) is 2. The molecule has 2 aromatic rings. The van der Waals surface area contributed by atoms with Gasteiger partial charge in [-0.25, -0.2) is 4.98 Å². The molecule has 5 nitrogen and oxygen atoms in total. The van der Waals surface area contributed by atoms with E-state index in [1.54, 1.807) is 31.3 Å². The highest BCUT2D eigenvalue weighted by Gasteiger charge is 2.08. The van der Waals surface area contributed by atoms with Crippen LogP contribution in [0.2, 0.25) is 5.02 Å². The van der Waals surface area contributed by atoms with Crippen LogP contribution < -0.4 is 10.6 Å². The van der Waals surface area contributed by atoms with Gasteiger partial charge in [0.1, 0.15) is 11.9 Å². The molecule has 0 unspecified atom stereocenters. The molecule has 0 saturated heterocycles. The van der Waals surface area contributed by atoms with Crippen molar-refractivity contribution in [1.29, 1.82) is 5.26 Å². The molecule has 6 heteroatoms. The van der Waals surface area contributed by atoms with E-state index in [1.165, 1.54) is 12.3 Å². The van der Waals surface area contributed by atoms with Crippen molar-refractivity contribution in [3.63, 3.8) is 0 Å². The van der Waals surface area contributed by atoms with Gasteiger partial charge in [-0.3, -0.25) is 4.79 Å². The number of carbonyl (C=O) groups excluding carboxylic acids is 1. The molecular formula is C14H11ClN4O. The van der Waals surface area contributed by atoms with E-state index in [0.29, 0.717) is 27.7 Å². The number of nitrogens with zero attached hydrogens (tertiary/aromatic N) is 2. The zero-order valence-corrected chi connectivity index (χ0v) is 11.4. The predicted molar refractivity (Wildman–Crippen MR) is 77.9 cm³/mol. The summed E-state index contributed by atoms with van der Waals surface area (Å²) in [5.74, 6) is 0.392. The van der Waals surface area contributed by atoms with Gasteiger partial charge in [-0.15, -0.1) is 0 Å². The van der Waals surface area contributed by atoms with Crippen molar-refractivity contribution in [3.05, 3.63) is 52.7 Å². The van der Waals surface area contributed by atoms with Crippen molar-refractivity contribution in [2.24, 2.45) is 0 Å². The van der Waals surface area contributed by atoms with Crippen LogP contribution in [0.15, 0.2) is 36.5 Å². The third-order valence-corrected chi connectivity index (χ3v) is 2.94. The number of nitriles is 1. The summed E-state index contributed by atoms with van der Waals surface area (Å²) in [6.45, 7) is 0. The van der Waals surface area contributed by atoms with Crippen molar-refractivity contribution >= 4 is 29.0 Å². The summed E-state index contributed by atoms with van der Waals surface area (Å²) in [5, 5.41) is 14.6. The number of nitrogens with one attached hydrogen (secondary N) is 2. The molecule has 20 heavy (non-hydrogen) atoms. The molecule has 1 heterocycles. The fraction of sp³-hybridized carbons (Fsp3) is 0.0714. The van der Waals surface area contributed by atoms with Crippen LogP contribution in [0, 0.1) is 11.3 Å². The van der Waals surface area contributed by atoms with Crippen molar-refractivity contribution < 1.29 is 4.79 Å². The van der Waals surface area contributed by atoms with Crippen molar-refractivity contribution in [1.82, 2.24) is 4.98 Å². The van der Waals surface area contributed by atoms with E-state index in [4.69, 9.17) is 16.9 Å². The minimum atomic E-state index is -0.291. The van der Waals surface area contributed by atoms with Crippen molar-refractivity contribution in [3.8, 4) is 6.07 Å². The summed E-state index contributed by atoms with van der Waals surface area (Å²) in [6.07, 6.45) is 1.48. The zero-order valence-electron chi connectivity index (χ0n) is 10.6. The number of rotatable bonds is 3.